The topological polar surface area (TPSA) is 35.6 Å². The van der Waals surface area contributed by atoms with E-state index in [1.807, 2.05) is 25.1 Å². The molecule has 1 N–H and O–H groups in total. The van der Waals surface area contributed by atoms with Crippen LogP contribution < -0.4 is 5.32 Å². The Balaban J connectivity index is 1.80. The molecule has 1 unspecified atom stereocenters. The average molecular weight is 503 g/mol. The zero-order valence-electron chi connectivity index (χ0n) is 20.7. The van der Waals surface area contributed by atoms with Gasteiger partial charge in [0.1, 0.15) is 0 Å². The second kappa shape index (κ2) is 11.0. The first-order chi connectivity index (χ1) is 16.4. The van der Waals surface area contributed by atoms with Crippen LogP contribution in [-0.4, -0.2) is 54.5 Å². The summed E-state index contributed by atoms with van der Waals surface area (Å²) < 4.78 is 0. The number of piperidine rings is 2. The fourth-order valence-corrected chi connectivity index (χ4v) is 6.28. The number of hydrogen-bond acceptors (Lipinski definition) is 3. The van der Waals surface area contributed by atoms with Gasteiger partial charge in [0, 0.05) is 25.7 Å². The lowest BCUT2D eigenvalue weighted by Gasteiger charge is -2.48. The minimum atomic E-state index is -0.964. The minimum absolute atomic E-state index is 0.00480. The molecule has 34 heavy (non-hydrogen) atoms. The molecule has 2 aromatic carbocycles. The highest BCUT2D eigenvalue weighted by atomic mass is 35.5. The molecule has 0 saturated carbocycles. The van der Waals surface area contributed by atoms with Crippen LogP contribution in [0.1, 0.15) is 61.3 Å². The third-order valence-corrected chi connectivity index (χ3v) is 8.23. The molecule has 1 amide bonds. The summed E-state index contributed by atoms with van der Waals surface area (Å²) in [7, 11) is 0. The number of benzene rings is 2. The number of rotatable bonds is 6. The van der Waals surface area contributed by atoms with Gasteiger partial charge in [-0.25, -0.2) is 0 Å². The van der Waals surface area contributed by atoms with Gasteiger partial charge in [0.2, 0.25) is 5.91 Å². The molecule has 2 aliphatic heterocycles. The van der Waals surface area contributed by atoms with Crippen LogP contribution in [0, 0.1) is 13.8 Å². The van der Waals surface area contributed by atoms with Crippen LogP contribution in [-0.2, 0) is 10.3 Å². The maximum Gasteiger partial charge on any atom is 0.249 e. The number of likely N-dealkylation sites (N-methyl/N-ethyl adjacent to an activating group) is 1. The first kappa shape index (κ1) is 25.5. The number of likely N-dealkylation sites (tertiary alicyclic amines) is 2. The van der Waals surface area contributed by atoms with Crippen molar-refractivity contribution in [2.24, 2.45) is 0 Å². The third-order valence-electron chi connectivity index (χ3n) is 7.49. The highest BCUT2D eigenvalue weighted by molar-refractivity contribution is 6.42. The Labute approximate surface area is 214 Å². The Hall–Kier alpha value is -1.59. The van der Waals surface area contributed by atoms with Crippen molar-refractivity contribution in [3.63, 3.8) is 0 Å². The zero-order chi connectivity index (χ0) is 24.3. The van der Waals surface area contributed by atoms with Crippen LogP contribution in [0.15, 0.2) is 36.4 Å². The highest BCUT2D eigenvalue weighted by Crippen LogP contribution is 2.41. The first-order valence-corrected chi connectivity index (χ1v) is 13.4. The summed E-state index contributed by atoms with van der Waals surface area (Å²) in [5.74, 6) is -0.00480. The van der Waals surface area contributed by atoms with Crippen molar-refractivity contribution >= 4 is 29.1 Å². The molecule has 4 rings (SSSR count). The minimum Gasteiger partial charge on any atom is -0.354 e. The van der Waals surface area contributed by atoms with E-state index in [1.165, 1.54) is 32.4 Å². The summed E-state index contributed by atoms with van der Waals surface area (Å²) in [5, 5.41) is 4.13. The molecule has 0 radical (unpaired) electrons. The number of amides is 1. The van der Waals surface area contributed by atoms with Crippen LogP contribution in [0.2, 0.25) is 10.0 Å². The molecule has 0 bridgehead atoms. The Morgan fingerprint density at radius 3 is 2.15 bits per heavy atom. The summed E-state index contributed by atoms with van der Waals surface area (Å²) in [5.41, 5.74) is 3.19. The third kappa shape index (κ3) is 5.02. The van der Waals surface area contributed by atoms with Crippen LogP contribution >= 0.6 is 23.2 Å². The molecule has 2 aromatic rings. The smallest absolute Gasteiger partial charge is 0.249 e. The normalized spacial score (nSPS) is 20.1. The zero-order valence-corrected chi connectivity index (χ0v) is 22.2. The summed E-state index contributed by atoms with van der Waals surface area (Å²) in [4.78, 5) is 19.2. The van der Waals surface area contributed by atoms with Crippen LogP contribution in [0.5, 0.6) is 0 Å². The molecule has 1 atom stereocenters. The second-order valence-electron chi connectivity index (χ2n) is 9.89. The molecule has 2 saturated heterocycles. The van der Waals surface area contributed by atoms with Crippen molar-refractivity contribution in [1.29, 1.82) is 0 Å². The van der Waals surface area contributed by atoms with E-state index < -0.39 is 5.54 Å². The van der Waals surface area contributed by atoms with Gasteiger partial charge >= 0.3 is 0 Å². The number of nitrogens with one attached hydrogen (secondary N) is 1. The Bertz CT molecular complexity index is 992. The fraction of sp³-hybridized carbons (Fsp3) is 0.536. The highest BCUT2D eigenvalue weighted by Gasteiger charge is 2.48. The number of carbonyl (C=O) groups is 1. The van der Waals surface area contributed by atoms with Crippen LogP contribution in [0.25, 0.3) is 0 Å². The van der Waals surface area contributed by atoms with Crippen LogP contribution in [0.4, 0.5) is 0 Å². The van der Waals surface area contributed by atoms with Gasteiger partial charge in [-0.1, -0.05) is 65.0 Å². The Kier molecular flexibility index (Phi) is 8.24. The standard InChI is InChI=1S/C28H37Cl2N3O/c1-4-31-27(34)28(22-8-9-25(29)26(30)19-22,23-17-20(2)16-21(3)18-23)33-14-10-24(11-15-33)32-12-6-5-7-13-32/h8-9,16-19,24H,4-7,10-15H2,1-3H3,(H,31,34). The van der Waals surface area contributed by atoms with E-state index in [4.69, 9.17) is 23.2 Å². The Morgan fingerprint density at radius 2 is 1.56 bits per heavy atom. The molecular formula is C28H37Cl2N3O. The quantitative estimate of drug-likeness (QED) is 0.531. The lowest BCUT2D eigenvalue weighted by molar-refractivity contribution is -0.133. The molecule has 184 valence electrons. The number of halogens is 2. The van der Waals surface area contributed by atoms with Gasteiger partial charge in [-0.05, 0) is 82.8 Å². The monoisotopic (exact) mass is 501 g/mol. The molecule has 0 aromatic heterocycles. The molecule has 0 aliphatic carbocycles. The van der Waals surface area contributed by atoms with Crippen molar-refractivity contribution in [1.82, 2.24) is 15.1 Å². The van der Waals surface area contributed by atoms with Gasteiger partial charge in [0.05, 0.1) is 10.0 Å². The summed E-state index contributed by atoms with van der Waals surface area (Å²) in [6.45, 7) is 10.8. The number of nitrogens with zero attached hydrogens (tertiary/aromatic N) is 2. The molecular weight excluding hydrogens is 465 g/mol. The average Bonchev–Trinajstić information content (AvgIpc) is 2.82. The predicted molar refractivity (Wildman–Crippen MR) is 142 cm³/mol. The van der Waals surface area contributed by atoms with Crippen molar-refractivity contribution in [3.8, 4) is 0 Å². The molecule has 6 heteroatoms. The SMILES string of the molecule is CCNC(=O)C(c1cc(C)cc(C)c1)(c1ccc(Cl)c(Cl)c1)N1CCC(N2CCCCC2)CC1. The maximum atomic E-state index is 14.1. The number of hydrogen-bond donors (Lipinski definition) is 1. The lowest BCUT2D eigenvalue weighted by Crippen LogP contribution is -2.60. The molecule has 0 spiro atoms. The molecule has 2 aliphatic rings. The van der Waals surface area contributed by atoms with Gasteiger partial charge < -0.3 is 10.2 Å². The van der Waals surface area contributed by atoms with E-state index in [0.717, 1.165) is 48.2 Å². The van der Waals surface area contributed by atoms with Crippen molar-refractivity contribution in [2.45, 2.75) is 64.5 Å². The predicted octanol–water partition coefficient (Wildman–Crippen LogP) is 5.94. The molecule has 4 nitrogen and oxygen atoms in total. The van der Waals surface area contributed by atoms with E-state index in [9.17, 15) is 4.79 Å². The number of carbonyl (C=O) groups excluding carboxylic acids is 1. The number of aryl methyl sites for hydroxylation is 2. The van der Waals surface area contributed by atoms with Gasteiger partial charge in [-0.2, -0.15) is 0 Å². The summed E-state index contributed by atoms with van der Waals surface area (Å²) in [6, 6.07) is 12.7. The second-order valence-corrected chi connectivity index (χ2v) is 10.7. The van der Waals surface area contributed by atoms with E-state index >= 15 is 0 Å². The van der Waals surface area contributed by atoms with Crippen molar-refractivity contribution in [3.05, 3.63) is 68.7 Å². The van der Waals surface area contributed by atoms with E-state index in [2.05, 4.69) is 47.2 Å². The summed E-state index contributed by atoms with van der Waals surface area (Å²) in [6.07, 6.45) is 6.07. The van der Waals surface area contributed by atoms with Crippen molar-refractivity contribution in [2.75, 3.05) is 32.7 Å². The van der Waals surface area contributed by atoms with Gasteiger partial charge in [0.15, 0.2) is 5.54 Å². The van der Waals surface area contributed by atoms with Crippen molar-refractivity contribution < 1.29 is 4.79 Å². The van der Waals surface area contributed by atoms with Crippen LogP contribution in [0.3, 0.4) is 0 Å². The first-order valence-electron chi connectivity index (χ1n) is 12.7. The molecule has 2 heterocycles. The lowest BCUT2D eigenvalue weighted by atomic mass is 9.77. The fourth-order valence-electron chi connectivity index (χ4n) is 5.98. The van der Waals surface area contributed by atoms with E-state index in [-0.39, 0.29) is 5.91 Å². The summed E-state index contributed by atoms with van der Waals surface area (Å²) >= 11 is 12.8. The van der Waals surface area contributed by atoms with E-state index in [1.54, 1.807) is 0 Å². The molecule has 2 fully saturated rings. The van der Waals surface area contributed by atoms with Gasteiger partial charge in [0.25, 0.3) is 0 Å². The maximum absolute atomic E-state index is 14.1. The van der Waals surface area contributed by atoms with E-state index in [0.29, 0.717) is 22.6 Å². The Morgan fingerprint density at radius 1 is 0.912 bits per heavy atom. The van der Waals surface area contributed by atoms with Gasteiger partial charge in [-0.3, -0.25) is 9.69 Å². The van der Waals surface area contributed by atoms with Gasteiger partial charge in [-0.15, -0.1) is 0 Å². The largest absolute Gasteiger partial charge is 0.354 e.